The van der Waals surface area contributed by atoms with Gasteiger partial charge in [-0.1, -0.05) is 0 Å². The Labute approximate surface area is 152 Å². The van der Waals surface area contributed by atoms with Crippen LogP contribution in [-0.4, -0.2) is 66.2 Å². The monoisotopic (exact) mass is 360 g/mol. The summed E-state index contributed by atoms with van der Waals surface area (Å²) in [4.78, 5) is 24.6. The summed E-state index contributed by atoms with van der Waals surface area (Å²) in [5.41, 5.74) is 0.200. The Balaban J connectivity index is 1.16. The van der Waals surface area contributed by atoms with Crippen molar-refractivity contribution in [3.05, 3.63) is 12.4 Å². The Morgan fingerprint density at radius 3 is 2.15 bits per heavy atom. The van der Waals surface area contributed by atoms with Gasteiger partial charge in [0.2, 0.25) is 0 Å². The molecule has 5 rings (SSSR count). The van der Waals surface area contributed by atoms with Crippen LogP contribution in [0.15, 0.2) is 12.4 Å². The minimum atomic E-state index is -0.657. The van der Waals surface area contributed by atoms with Crippen molar-refractivity contribution < 1.29 is 19.4 Å². The predicted octanol–water partition coefficient (Wildman–Crippen LogP) is 1.12. The van der Waals surface area contributed by atoms with E-state index in [9.17, 15) is 4.79 Å². The van der Waals surface area contributed by atoms with Crippen LogP contribution in [-0.2, 0) is 14.3 Å². The van der Waals surface area contributed by atoms with E-state index >= 15 is 0 Å². The maximum absolute atomic E-state index is 11.0. The molecule has 1 N–H and O–H groups in total. The van der Waals surface area contributed by atoms with Crippen molar-refractivity contribution in [3.8, 4) is 0 Å². The third-order valence-electron chi connectivity index (χ3n) is 6.37. The van der Waals surface area contributed by atoms with Gasteiger partial charge in [-0.15, -0.1) is 0 Å². The van der Waals surface area contributed by atoms with Crippen LogP contribution < -0.4 is 9.80 Å². The molecule has 8 nitrogen and oxygen atoms in total. The predicted molar refractivity (Wildman–Crippen MR) is 93.1 cm³/mol. The number of hydrogen-bond acceptors (Lipinski definition) is 7. The first-order valence-corrected chi connectivity index (χ1v) is 9.39. The second kappa shape index (κ2) is 5.79. The van der Waals surface area contributed by atoms with E-state index in [-0.39, 0.29) is 17.1 Å². The molecule has 4 fully saturated rings. The lowest BCUT2D eigenvalue weighted by Gasteiger charge is -2.58. The van der Waals surface area contributed by atoms with Gasteiger partial charge >= 0.3 is 5.97 Å². The van der Waals surface area contributed by atoms with E-state index in [2.05, 4.69) is 19.8 Å². The molecule has 1 aromatic rings. The topological polar surface area (TPSA) is 88.0 Å². The number of ether oxygens (including phenoxy) is 2. The van der Waals surface area contributed by atoms with E-state index in [0.29, 0.717) is 13.2 Å². The number of carbonyl (C=O) groups is 1. The minimum absolute atomic E-state index is 0.152. The van der Waals surface area contributed by atoms with E-state index in [1.807, 2.05) is 12.4 Å². The number of aromatic nitrogens is 2. The highest BCUT2D eigenvalue weighted by molar-refractivity contribution is 5.72. The molecule has 0 amide bonds. The highest BCUT2D eigenvalue weighted by Crippen LogP contribution is 2.52. The van der Waals surface area contributed by atoms with Crippen molar-refractivity contribution in [1.82, 2.24) is 9.97 Å². The smallest absolute Gasteiger partial charge is 0.306 e. The van der Waals surface area contributed by atoms with Crippen LogP contribution in [0.5, 0.6) is 0 Å². The van der Waals surface area contributed by atoms with Gasteiger partial charge in [-0.05, 0) is 12.8 Å². The number of aliphatic carboxylic acids is 1. The van der Waals surface area contributed by atoms with Gasteiger partial charge in [0.05, 0.1) is 31.5 Å². The third-order valence-corrected chi connectivity index (χ3v) is 6.37. The number of rotatable bonds is 3. The van der Waals surface area contributed by atoms with Gasteiger partial charge in [0.1, 0.15) is 11.6 Å². The Morgan fingerprint density at radius 1 is 1.04 bits per heavy atom. The molecule has 0 unspecified atom stereocenters. The normalized spacial score (nSPS) is 26.8. The first-order chi connectivity index (χ1) is 12.6. The second-order valence-electron chi connectivity index (χ2n) is 8.13. The van der Waals surface area contributed by atoms with Gasteiger partial charge in [0.25, 0.3) is 0 Å². The molecule has 3 aliphatic heterocycles. The Kier molecular flexibility index (Phi) is 3.62. The molecule has 0 aromatic carbocycles. The first-order valence-electron chi connectivity index (χ1n) is 9.39. The number of carboxylic acid groups (broad SMARTS) is 1. The highest BCUT2D eigenvalue weighted by atomic mass is 16.7. The van der Waals surface area contributed by atoms with E-state index in [1.54, 1.807) is 0 Å². The summed E-state index contributed by atoms with van der Waals surface area (Å²) < 4.78 is 11.5. The standard InChI is InChI=1S/C18H24N4O4/c23-16(24)13-7-17(8-13)11-22(12-17)15-10-19-14(9-20-15)21-3-1-18(2-4-21)25-5-6-26-18/h9-10,13H,1-8,11-12H2,(H,23,24). The van der Waals surface area contributed by atoms with Gasteiger partial charge in [0.15, 0.2) is 5.79 Å². The van der Waals surface area contributed by atoms with E-state index in [1.165, 1.54) is 0 Å². The van der Waals surface area contributed by atoms with Crippen LogP contribution in [0.1, 0.15) is 25.7 Å². The lowest BCUT2D eigenvalue weighted by atomic mass is 9.58. The van der Waals surface area contributed by atoms with Crippen molar-refractivity contribution >= 4 is 17.6 Å². The van der Waals surface area contributed by atoms with Crippen LogP contribution in [0, 0.1) is 11.3 Å². The number of hydrogen-bond donors (Lipinski definition) is 1. The number of carboxylic acids is 1. The van der Waals surface area contributed by atoms with E-state index < -0.39 is 5.97 Å². The van der Waals surface area contributed by atoms with Gasteiger partial charge < -0.3 is 24.4 Å². The molecule has 4 heterocycles. The SMILES string of the molecule is O=C(O)C1CC2(C1)CN(c1cnc(N3CCC4(CC3)OCCO4)cn1)C2. The molecule has 26 heavy (non-hydrogen) atoms. The lowest BCUT2D eigenvalue weighted by Crippen LogP contribution is -2.63. The summed E-state index contributed by atoms with van der Waals surface area (Å²) in [5.74, 6) is 0.600. The molecule has 3 saturated heterocycles. The third kappa shape index (κ3) is 2.63. The van der Waals surface area contributed by atoms with Crippen LogP contribution in [0.25, 0.3) is 0 Å². The van der Waals surface area contributed by atoms with Gasteiger partial charge in [0, 0.05) is 44.4 Å². The van der Waals surface area contributed by atoms with Crippen molar-refractivity contribution in [2.75, 3.05) is 49.2 Å². The molecule has 4 aliphatic rings. The molecule has 1 aromatic heterocycles. The van der Waals surface area contributed by atoms with Crippen molar-refractivity contribution in [2.24, 2.45) is 11.3 Å². The quantitative estimate of drug-likeness (QED) is 0.858. The molecule has 0 bridgehead atoms. The fraction of sp³-hybridized carbons (Fsp3) is 0.722. The largest absolute Gasteiger partial charge is 0.481 e. The maximum atomic E-state index is 11.0. The van der Waals surface area contributed by atoms with Crippen LogP contribution in [0.2, 0.25) is 0 Å². The van der Waals surface area contributed by atoms with Crippen molar-refractivity contribution in [3.63, 3.8) is 0 Å². The van der Waals surface area contributed by atoms with Crippen molar-refractivity contribution in [1.29, 1.82) is 0 Å². The fourth-order valence-corrected chi connectivity index (χ4v) is 4.85. The maximum Gasteiger partial charge on any atom is 0.306 e. The van der Waals surface area contributed by atoms with Crippen molar-refractivity contribution in [2.45, 2.75) is 31.5 Å². The fourth-order valence-electron chi connectivity index (χ4n) is 4.85. The number of anilines is 2. The first kappa shape index (κ1) is 16.3. The van der Waals surface area contributed by atoms with E-state index in [0.717, 1.165) is 63.5 Å². The zero-order valence-electron chi connectivity index (χ0n) is 14.8. The van der Waals surface area contributed by atoms with Crippen LogP contribution in [0.3, 0.4) is 0 Å². The van der Waals surface area contributed by atoms with Crippen LogP contribution in [0.4, 0.5) is 11.6 Å². The molecule has 1 aliphatic carbocycles. The number of piperidine rings is 1. The lowest BCUT2D eigenvalue weighted by molar-refractivity contribution is -0.169. The molecular formula is C18H24N4O4. The van der Waals surface area contributed by atoms with Gasteiger partial charge in [-0.3, -0.25) is 4.79 Å². The molecule has 2 spiro atoms. The Morgan fingerprint density at radius 2 is 1.62 bits per heavy atom. The molecule has 140 valence electrons. The summed E-state index contributed by atoms with van der Waals surface area (Å²) in [6.07, 6.45) is 6.98. The summed E-state index contributed by atoms with van der Waals surface area (Å²) in [7, 11) is 0. The second-order valence-corrected chi connectivity index (χ2v) is 8.13. The van der Waals surface area contributed by atoms with E-state index in [4.69, 9.17) is 14.6 Å². The zero-order chi connectivity index (χ0) is 17.8. The Bertz CT molecular complexity index is 680. The van der Waals surface area contributed by atoms with Crippen LogP contribution >= 0.6 is 0 Å². The summed E-state index contributed by atoms with van der Waals surface area (Å²) in [5, 5.41) is 9.03. The molecule has 0 atom stereocenters. The molecule has 0 radical (unpaired) electrons. The zero-order valence-corrected chi connectivity index (χ0v) is 14.8. The van der Waals surface area contributed by atoms with Gasteiger partial charge in [-0.2, -0.15) is 0 Å². The molecule has 1 saturated carbocycles. The highest BCUT2D eigenvalue weighted by Gasteiger charge is 2.54. The summed E-state index contributed by atoms with van der Waals surface area (Å²) in [6, 6.07) is 0. The number of nitrogens with zero attached hydrogens (tertiary/aromatic N) is 4. The molecule has 8 heteroatoms. The Hall–Kier alpha value is -1.93. The molecular weight excluding hydrogens is 336 g/mol. The summed E-state index contributed by atoms with van der Waals surface area (Å²) >= 11 is 0. The average Bonchev–Trinajstić information content (AvgIpc) is 3.02. The van der Waals surface area contributed by atoms with Gasteiger partial charge in [-0.25, -0.2) is 9.97 Å². The average molecular weight is 360 g/mol. The summed E-state index contributed by atoms with van der Waals surface area (Å²) in [6.45, 7) is 4.89. The minimum Gasteiger partial charge on any atom is -0.481 e.